The lowest BCUT2D eigenvalue weighted by atomic mass is 10.2. The molecule has 3 rings (SSSR count). The van der Waals surface area contributed by atoms with Gasteiger partial charge in [-0.1, -0.05) is 44.0 Å². The van der Waals surface area contributed by atoms with Gasteiger partial charge in [0.05, 0.1) is 22.0 Å². The van der Waals surface area contributed by atoms with Crippen LogP contribution in [-0.4, -0.2) is 20.8 Å². The largest absolute Gasteiger partial charge is 0.282 e. The molecule has 1 aromatic heterocycles. The van der Waals surface area contributed by atoms with Crippen molar-refractivity contribution in [1.82, 2.24) is 9.66 Å². The summed E-state index contributed by atoms with van der Waals surface area (Å²) in [4.78, 5) is 27.9. The standard InChI is InChI=1S/C20H20N4O3/c1-2-3-4-12-19-22-18-11-6-5-10-17(18)20(25)23(19)21-14-15-8-7-9-16(13-15)24(26)27/h5-11,13-14H,2-4,12H2,1H3/b21-14+. The van der Waals surface area contributed by atoms with Crippen LogP contribution in [0.4, 0.5) is 5.69 Å². The zero-order valence-corrected chi connectivity index (χ0v) is 15.0. The predicted octanol–water partition coefficient (Wildman–Crippen LogP) is 3.92. The van der Waals surface area contributed by atoms with Crippen molar-refractivity contribution >= 4 is 22.8 Å². The predicted molar refractivity (Wildman–Crippen MR) is 105 cm³/mol. The number of aromatic nitrogens is 2. The van der Waals surface area contributed by atoms with Crippen molar-refractivity contribution in [3.05, 3.63) is 80.4 Å². The summed E-state index contributed by atoms with van der Waals surface area (Å²) in [5.74, 6) is 0.592. The summed E-state index contributed by atoms with van der Waals surface area (Å²) in [6.07, 6.45) is 5.11. The number of unbranched alkanes of at least 4 members (excludes halogenated alkanes) is 2. The summed E-state index contributed by atoms with van der Waals surface area (Å²) in [6, 6.07) is 13.3. The van der Waals surface area contributed by atoms with Gasteiger partial charge in [0, 0.05) is 24.1 Å². The monoisotopic (exact) mass is 364 g/mol. The fourth-order valence-corrected chi connectivity index (χ4v) is 2.83. The Morgan fingerprint density at radius 3 is 2.78 bits per heavy atom. The van der Waals surface area contributed by atoms with E-state index in [1.54, 1.807) is 24.3 Å². The summed E-state index contributed by atoms with van der Waals surface area (Å²) in [7, 11) is 0. The number of para-hydroxylation sites is 1. The first-order chi connectivity index (χ1) is 13.1. The summed E-state index contributed by atoms with van der Waals surface area (Å²) < 4.78 is 1.30. The number of aryl methyl sites for hydroxylation is 1. The highest BCUT2D eigenvalue weighted by molar-refractivity contribution is 5.81. The number of nitro groups is 1. The summed E-state index contributed by atoms with van der Waals surface area (Å²) in [5.41, 5.74) is 0.930. The molecule has 0 saturated heterocycles. The summed E-state index contributed by atoms with van der Waals surface area (Å²) in [5, 5.41) is 15.7. The smallest absolute Gasteiger partial charge is 0.267 e. The maximum absolute atomic E-state index is 12.9. The maximum Gasteiger partial charge on any atom is 0.282 e. The van der Waals surface area contributed by atoms with E-state index in [0.717, 1.165) is 19.3 Å². The average molecular weight is 364 g/mol. The van der Waals surface area contributed by atoms with Gasteiger partial charge in [0.1, 0.15) is 5.82 Å². The molecule has 3 aromatic rings. The van der Waals surface area contributed by atoms with Gasteiger partial charge in [0.25, 0.3) is 11.2 Å². The van der Waals surface area contributed by atoms with Crippen molar-refractivity contribution in [1.29, 1.82) is 0 Å². The second-order valence-corrected chi connectivity index (χ2v) is 6.22. The van der Waals surface area contributed by atoms with Gasteiger partial charge in [0.2, 0.25) is 0 Å². The van der Waals surface area contributed by atoms with Crippen molar-refractivity contribution in [3.63, 3.8) is 0 Å². The second kappa shape index (κ2) is 8.35. The van der Waals surface area contributed by atoms with E-state index in [0.29, 0.717) is 28.7 Å². The third kappa shape index (κ3) is 4.25. The average Bonchev–Trinajstić information content (AvgIpc) is 2.68. The fraction of sp³-hybridized carbons (Fsp3) is 0.250. The van der Waals surface area contributed by atoms with E-state index in [-0.39, 0.29) is 11.2 Å². The Morgan fingerprint density at radius 1 is 1.19 bits per heavy atom. The minimum absolute atomic E-state index is 0.0221. The van der Waals surface area contributed by atoms with Gasteiger partial charge < -0.3 is 0 Å². The Kier molecular flexibility index (Phi) is 5.71. The molecule has 0 aliphatic heterocycles. The molecule has 0 amide bonds. The molecule has 1 heterocycles. The maximum atomic E-state index is 12.9. The molecule has 0 spiro atoms. The summed E-state index contributed by atoms with van der Waals surface area (Å²) in [6.45, 7) is 2.11. The summed E-state index contributed by atoms with van der Waals surface area (Å²) >= 11 is 0. The van der Waals surface area contributed by atoms with Crippen LogP contribution >= 0.6 is 0 Å². The second-order valence-electron chi connectivity index (χ2n) is 6.22. The van der Waals surface area contributed by atoms with Gasteiger partial charge in [-0.05, 0) is 18.6 Å². The van der Waals surface area contributed by atoms with Crippen LogP contribution in [0.25, 0.3) is 10.9 Å². The number of nitro benzene ring substituents is 1. The lowest BCUT2D eigenvalue weighted by Gasteiger charge is -2.09. The highest BCUT2D eigenvalue weighted by Gasteiger charge is 2.10. The molecule has 0 saturated carbocycles. The van der Waals surface area contributed by atoms with Gasteiger partial charge in [-0.25, -0.2) is 4.98 Å². The van der Waals surface area contributed by atoms with E-state index < -0.39 is 4.92 Å². The Hall–Kier alpha value is -3.35. The normalized spacial score (nSPS) is 11.3. The molecule has 0 atom stereocenters. The Bertz CT molecular complexity index is 1060. The van der Waals surface area contributed by atoms with Crippen LogP contribution in [0.2, 0.25) is 0 Å². The molecule has 0 fully saturated rings. The van der Waals surface area contributed by atoms with Crippen LogP contribution in [0.1, 0.15) is 37.6 Å². The van der Waals surface area contributed by atoms with E-state index in [9.17, 15) is 14.9 Å². The van der Waals surface area contributed by atoms with E-state index >= 15 is 0 Å². The van der Waals surface area contributed by atoms with Crippen LogP contribution in [0.5, 0.6) is 0 Å². The van der Waals surface area contributed by atoms with Gasteiger partial charge in [-0.15, -0.1) is 0 Å². The van der Waals surface area contributed by atoms with Gasteiger partial charge >= 0.3 is 0 Å². The molecule has 0 bridgehead atoms. The van der Waals surface area contributed by atoms with Gasteiger partial charge in [-0.3, -0.25) is 14.9 Å². The molecular weight excluding hydrogens is 344 g/mol. The third-order valence-corrected chi connectivity index (χ3v) is 4.23. The third-order valence-electron chi connectivity index (χ3n) is 4.23. The SMILES string of the molecule is CCCCCc1nc2ccccc2c(=O)n1/N=C/c1cccc([N+](=O)[O-])c1. The zero-order valence-electron chi connectivity index (χ0n) is 15.0. The van der Waals surface area contributed by atoms with Crippen molar-refractivity contribution in [2.45, 2.75) is 32.6 Å². The number of non-ortho nitro benzene ring substituents is 1. The van der Waals surface area contributed by atoms with Crippen LogP contribution in [-0.2, 0) is 6.42 Å². The molecular formula is C20H20N4O3. The molecule has 7 heteroatoms. The van der Waals surface area contributed by atoms with E-state index in [2.05, 4.69) is 17.0 Å². The number of fused-ring (bicyclic) bond motifs is 1. The Labute approximate surface area is 156 Å². The molecule has 0 aliphatic rings. The number of rotatable bonds is 7. The van der Waals surface area contributed by atoms with E-state index in [4.69, 9.17) is 0 Å². The van der Waals surface area contributed by atoms with Crippen molar-refractivity contribution in [2.24, 2.45) is 5.10 Å². The number of benzene rings is 2. The molecule has 27 heavy (non-hydrogen) atoms. The molecule has 0 radical (unpaired) electrons. The Balaban J connectivity index is 2.04. The van der Waals surface area contributed by atoms with Crippen LogP contribution < -0.4 is 5.56 Å². The quantitative estimate of drug-likeness (QED) is 0.275. The minimum atomic E-state index is -0.461. The molecule has 7 nitrogen and oxygen atoms in total. The van der Waals surface area contributed by atoms with Crippen molar-refractivity contribution in [2.75, 3.05) is 0 Å². The zero-order chi connectivity index (χ0) is 19.2. The van der Waals surface area contributed by atoms with Crippen LogP contribution in [0.15, 0.2) is 58.4 Å². The highest BCUT2D eigenvalue weighted by atomic mass is 16.6. The van der Waals surface area contributed by atoms with Crippen molar-refractivity contribution < 1.29 is 4.92 Å². The highest BCUT2D eigenvalue weighted by Crippen LogP contribution is 2.13. The van der Waals surface area contributed by atoms with Crippen LogP contribution in [0, 0.1) is 10.1 Å². The number of hydrogen-bond acceptors (Lipinski definition) is 5. The number of nitrogens with zero attached hydrogens (tertiary/aromatic N) is 4. The molecule has 0 aliphatic carbocycles. The van der Waals surface area contributed by atoms with Crippen LogP contribution in [0.3, 0.4) is 0 Å². The lowest BCUT2D eigenvalue weighted by Crippen LogP contribution is -2.22. The van der Waals surface area contributed by atoms with E-state index in [1.165, 1.54) is 23.0 Å². The van der Waals surface area contributed by atoms with Gasteiger partial charge in [-0.2, -0.15) is 9.78 Å². The first-order valence-corrected chi connectivity index (χ1v) is 8.89. The molecule has 0 unspecified atom stereocenters. The molecule has 0 N–H and O–H groups in total. The molecule has 138 valence electrons. The Morgan fingerprint density at radius 2 is 2.00 bits per heavy atom. The minimum Gasteiger partial charge on any atom is -0.267 e. The van der Waals surface area contributed by atoms with Crippen molar-refractivity contribution in [3.8, 4) is 0 Å². The van der Waals surface area contributed by atoms with E-state index in [1.807, 2.05) is 12.1 Å². The first kappa shape index (κ1) is 18.4. The lowest BCUT2D eigenvalue weighted by molar-refractivity contribution is -0.384. The molecule has 2 aromatic carbocycles. The van der Waals surface area contributed by atoms with Gasteiger partial charge in [0.15, 0.2) is 0 Å². The topological polar surface area (TPSA) is 90.4 Å². The fourth-order valence-electron chi connectivity index (χ4n) is 2.83. The number of hydrogen-bond donors (Lipinski definition) is 0. The first-order valence-electron chi connectivity index (χ1n) is 8.89.